The van der Waals surface area contributed by atoms with Crippen molar-refractivity contribution in [3.8, 4) is 45.3 Å². The summed E-state index contributed by atoms with van der Waals surface area (Å²) in [6.07, 6.45) is 2.06. The number of fused-ring (bicyclic) bond motifs is 6. The van der Waals surface area contributed by atoms with Crippen LogP contribution in [0.15, 0.2) is 216 Å². The summed E-state index contributed by atoms with van der Waals surface area (Å²) in [5.41, 5.74) is 11.0. The molecule has 3 heterocycles. The van der Waals surface area contributed by atoms with E-state index in [2.05, 4.69) is 139 Å². The maximum absolute atomic E-state index is 5.56. The summed E-state index contributed by atoms with van der Waals surface area (Å²) in [5, 5.41) is 4.52. The van der Waals surface area contributed by atoms with Crippen LogP contribution in [0.25, 0.3) is 93.0 Å². The number of allylic oxidation sites excluding steroid dienone is 1. The first-order valence-corrected chi connectivity index (χ1v) is 22.2. The van der Waals surface area contributed by atoms with E-state index in [4.69, 9.17) is 24.9 Å². The van der Waals surface area contributed by atoms with Crippen LogP contribution in [0.4, 0.5) is 0 Å². The molecule has 0 saturated heterocycles. The molecule has 11 rings (SSSR count). The summed E-state index contributed by atoms with van der Waals surface area (Å²) < 4.78 is 4.50. The first-order valence-electron chi connectivity index (χ1n) is 21.4. The highest BCUT2D eigenvalue weighted by Gasteiger charge is 2.21. The molecule has 6 nitrogen and oxygen atoms in total. The zero-order valence-corrected chi connectivity index (χ0v) is 36.0. The Balaban J connectivity index is 1.12. The fourth-order valence-corrected chi connectivity index (χ4v) is 9.98. The Labute approximate surface area is 375 Å². The molecule has 0 unspecified atom stereocenters. The lowest BCUT2D eigenvalue weighted by molar-refractivity contribution is 1.08. The summed E-state index contributed by atoms with van der Waals surface area (Å²) >= 11 is 1.76. The third-order valence-corrected chi connectivity index (χ3v) is 12.9. The van der Waals surface area contributed by atoms with E-state index < -0.39 is 0 Å². The normalized spacial score (nSPS) is 12.5. The molecule has 64 heavy (non-hydrogen) atoms. The Morgan fingerprint density at radius 3 is 1.72 bits per heavy atom. The van der Waals surface area contributed by atoms with Crippen LogP contribution in [-0.4, -0.2) is 31.2 Å². The van der Waals surface area contributed by atoms with Crippen molar-refractivity contribution in [2.75, 3.05) is 0 Å². The molecule has 0 fully saturated rings. The summed E-state index contributed by atoms with van der Waals surface area (Å²) in [6.45, 7) is 4.13. The van der Waals surface area contributed by atoms with Crippen LogP contribution in [0.1, 0.15) is 25.0 Å². The Kier molecular flexibility index (Phi) is 10.1. The largest absolute Gasteiger partial charge is 0.278 e. The van der Waals surface area contributed by atoms with Gasteiger partial charge in [0, 0.05) is 53.2 Å². The SMILES string of the molecule is C/C=C(/N=C(N=C(C)c1cccc2c1sc1cccc(-c3nc(-c4ccccc4)nc(-c4ccccc4)n3)c12)n1c2ccccc2c2c(-c3ccccc3)cccc21)c1ccccc1. The molecule has 0 radical (unpaired) electrons. The average Bonchev–Trinajstić information content (AvgIpc) is 3.92. The average molecular weight is 841 g/mol. The Hall–Kier alpha value is -8.13. The molecule has 0 atom stereocenters. The monoisotopic (exact) mass is 840 g/mol. The molecule has 3 aromatic heterocycles. The zero-order valence-electron chi connectivity index (χ0n) is 35.2. The number of aliphatic imine (C=N–C) groups is 2. The smallest absolute Gasteiger partial charge is 0.235 e. The van der Waals surface area contributed by atoms with Gasteiger partial charge in [0.15, 0.2) is 17.5 Å². The highest BCUT2D eigenvalue weighted by atomic mass is 32.1. The maximum atomic E-state index is 5.56. The number of rotatable bonds is 7. The second kappa shape index (κ2) is 16.6. The van der Waals surface area contributed by atoms with Crippen LogP contribution in [-0.2, 0) is 0 Å². The van der Waals surface area contributed by atoms with E-state index in [1.165, 1.54) is 5.56 Å². The van der Waals surface area contributed by atoms with Crippen molar-refractivity contribution in [2.24, 2.45) is 9.98 Å². The minimum atomic E-state index is 0.580. The molecule has 0 aliphatic rings. The third-order valence-electron chi connectivity index (χ3n) is 11.7. The molecule has 0 N–H and O–H groups in total. The molecular weight excluding hydrogens is 801 g/mol. The Bertz CT molecular complexity index is 3550. The number of thiophene rings is 1. The highest BCUT2D eigenvalue weighted by Crippen LogP contribution is 2.42. The number of aromatic nitrogens is 4. The second-order valence-corrected chi connectivity index (χ2v) is 16.6. The molecule has 11 aromatic rings. The summed E-state index contributed by atoms with van der Waals surface area (Å²) in [4.78, 5) is 26.2. The highest BCUT2D eigenvalue weighted by molar-refractivity contribution is 7.26. The van der Waals surface area contributed by atoms with Crippen molar-refractivity contribution in [3.05, 3.63) is 217 Å². The van der Waals surface area contributed by atoms with Crippen molar-refractivity contribution in [1.82, 2.24) is 19.5 Å². The van der Waals surface area contributed by atoms with Crippen molar-refractivity contribution in [1.29, 1.82) is 0 Å². The van der Waals surface area contributed by atoms with Gasteiger partial charge in [0.1, 0.15) is 0 Å². The predicted molar refractivity (Wildman–Crippen MR) is 269 cm³/mol. The van der Waals surface area contributed by atoms with Crippen LogP contribution in [0.5, 0.6) is 0 Å². The lowest BCUT2D eigenvalue weighted by atomic mass is 9.99. The number of para-hydroxylation sites is 1. The fraction of sp³-hybridized carbons (Fsp3) is 0.0351. The van der Waals surface area contributed by atoms with Gasteiger partial charge in [-0.25, -0.2) is 24.9 Å². The van der Waals surface area contributed by atoms with Gasteiger partial charge in [0.25, 0.3) is 0 Å². The number of hydrogen-bond donors (Lipinski definition) is 0. The second-order valence-electron chi connectivity index (χ2n) is 15.6. The van der Waals surface area contributed by atoms with E-state index in [0.717, 1.165) is 86.8 Å². The molecule has 0 spiro atoms. The van der Waals surface area contributed by atoms with Crippen LogP contribution in [0.3, 0.4) is 0 Å². The van der Waals surface area contributed by atoms with Crippen molar-refractivity contribution < 1.29 is 0 Å². The standard InChI is InChI=1S/C57H40N6S/c1-3-47(39-23-10-5-11-24-39)59-57(63-48-34-17-16-29-44(48)51-43(31-19-35-49(51)63)38-21-8-4-9-22-38)58-37(2)42-30-18-32-45-52-46(33-20-36-50(52)64-53(42)45)56-61-54(40-25-12-6-13-26-40)60-55(62-56)41-27-14-7-15-28-41/h3-36H,1-2H3/b47-3+,58-37?,59-57?. The zero-order chi connectivity index (χ0) is 43.0. The van der Waals surface area contributed by atoms with Gasteiger partial charge in [-0.15, -0.1) is 11.3 Å². The van der Waals surface area contributed by atoms with Crippen molar-refractivity contribution in [3.63, 3.8) is 0 Å². The molecule has 8 aromatic carbocycles. The van der Waals surface area contributed by atoms with Gasteiger partial charge in [-0.1, -0.05) is 188 Å². The van der Waals surface area contributed by atoms with Gasteiger partial charge >= 0.3 is 0 Å². The van der Waals surface area contributed by atoms with Gasteiger partial charge in [-0.3, -0.25) is 4.57 Å². The van der Waals surface area contributed by atoms with Gasteiger partial charge in [0.2, 0.25) is 5.96 Å². The molecule has 0 bridgehead atoms. The minimum absolute atomic E-state index is 0.580. The van der Waals surface area contributed by atoms with Gasteiger partial charge in [-0.05, 0) is 48.7 Å². The molecule has 7 heteroatoms. The van der Waals surface area contributed by atoms with Gasteiger partial charge < -0.3 is 0 Å². The molecule has 304 valence electrons. The van der Waals surface area contributed by atoms with E-state index in [-0.39, 0.29) is 0 Å². The van der Waals surface area contributed by atoms with E-state index in [0.29, 0.717) is 23.4 Å². The summed E-state index contributed by atoms with van der Waals surface area (Å²) in [6, 6.07) is 69.2. The minimum Gasteiger partial charge on any atom is -0.278 e. The quantitative estimate of drug-likeness (QED) is 0.119. The first kappa shape index (κ1) is 38.8. The van der Waals surface area contributed by atoms with Crippen molar-refractivity contribution >= 4 is 70.7 Å². The molecule has 0 aliphatic heterocycles. The summed E-state index contributed by atoms with van der Waals surface area (Å²) in [5.74, 6) is 2.47. The lowest BCUT2D eigenvalue weighted by Crippen LogP contribution is -2.12. The first-order chi connectivity index (χ1) is 31.6. The summed E-state index contributed by atoms with van der Waals surface area (Å²) in [7, 11) is 0. The van der Waals surface area contributed by atoms with E-state index in [1.54, 1.807) is 11.3 Å². The maximum Gasteiger partial charge on any atom is 0.235 e. The van der Waals surface area contributed by atoms with Crippen molar-refractivity contribution in [2.45, 2.75) is 13.8 Å². The van der Waals surface area contributed by atoms with Crippen LogP contribution >= 0.6 is 11.3 Å². The Morgan fingerprint density at radius 2 is 1.03 bits per heavy atom. The van der Waals surface area contributed by atoms with E-state index >= 15 is 0 Å². The third kappa shape index (κ3) is 6.98. The Morgan fingerprint density at radius 1 is 0.484 bits per heavy atom. The number of nitrogens with zero attached hydrogens (tertiary/aromatic N) is 6. The van der Waals surface area contributed by atoms with E-state index in [9.17, 15) is 0 Å². The van der Waals surface area contributed by atoms with Gasteiger partial charge in [0.05, 0.1) is 22.4 Å². The molecule has 0 amide bonds. The molecule has 0 saturated carbocycles. The van der Waals surface area contributed by atoms with Crippen LogP contribution < -0.4 is 0 Å². The van der Waals surface area contributed by atoms with Crippen LogP contribution in [0.2, 0.25) is 0 Å². The fourth-order valence-electron chi connectivity index (χ4n) is 8.69. The number of hydrogen-bond acceptors (Lipinski definition) is 5. The van der Waals surface area contributed by atoms with Crippen LogP contribution in [0, 0.1) is 0 Å². The topological polar surface area (TPSA) is 68.3 Å². The predicted octanol–water partition coefficient (Wildman–Crippen LogP) is 14.8. The number of benzene rings is 8. The molecule has 0 aliphatic carbocycles. The van der Waals surface area contributed by atoms with Gasteiger partial charge in [-0.2, -0.15) is 0 Å². The lowest BCUT2D eigenvalue weighted by Gasteiger charge is -2.12. The molecular formula is C57H40N6S. The van der Waals surface area contributed by atoms with E-state index in [1.807, 2.05) is 85.8 Å².